The number of hydrogen-bond donors (Lipinski definition) is 1. The fraction of sp³-hybridized carbons (Fsp3) is 0.273. The number of aryl methyl sites for hydroxylation is 1. The summed E-state index contributed by atoms with van der Waals surface area (Å²) in [5, 5.41) is 6.76. The summed E-state index contributed by atoms with van der Waals surface area (Å²) in [5.74, 6) is 0.229. The van der Waals surface area contributed by atoms with Crippen molar-refractivity contribution in [3.05, 3.63) is 89.2 Å². The van der Waals surface area contributed by atoms with E-state index in [1.54, 1.807) is 6.20 Å². The molecule has 1 heterocycles. The predicted molar refractivity (Wildman–Crippen MR) is 104 cm³/mol. The molecule has 0 fully saturated rings. The molecule has 0 spiro atoms. The van der Waals surface area contributed by atoms with Crippen molar-refractivity contribution >= 4 is 5.91 Å². The molecule has 0 saturated heterocycles. The number of likely N-dealkylation sites (N-methyl/N-ethyl adjacent to an activating group) is 1. The van der Waals surface area contributed by atoms with E-state index in [1.165, 1.54) is 16.7 Å². The van der Waals surface area contributed by atoms with Crippen LogP contribution >= 0.6 is 0 Å². The Morgan fingerprint density at radius 2 is 1.85 bits per heavy atom. The molecule has 0 aliphatic heterocycles. The summed E-state index contributed by atoms with van der Waals surface area (Å²) in [6, 6.07) is 18.6. The van der Waals surface area contributed by atoms with Gasteiger partial charge in [-0.2, -0.15) is 5.10 Å². The molecule has 3 aromatic rings. The highest BCUT2D eigenvalue weighted by atomic mass is 16.2. The maximum atomic E-state index is 12.9. The molecular formula is C22H25N3O. The van der Waals surface area contributed by atoms with E-state index in [2.05, 4.69) is 41.4 Å². The highest BCUT2D eigenvalue weighted by molar-refractivity contribution is 5.77. The standard InChI is InChI=1S/C22H25N3O/c1-17-8-6-7-11-20(17)21(19-9-4-3-5-10-19)14-22(26)25(2)13-12-18-15-23-24-16-18/h3-11,15-16,21H,12-14H2,1-2H3,(H,23,24)/t21-/m1/s1. The maximum absolute atomic E-state index is 12.9. The topological polar surface area (TPSA) is 49.0 Å². The molecule has 26 heavy (non-hydrogen) atoms. The smallest absolute Gasteiger partial charge is 0.223 e. The second-order valence-corrected chi connectivity index (χ2v) is 6.70. The molecule has 0 aliphatic carbocycles. The Kier molecular flexibility index (Phi) is 5.84. The number of aromatic nitrogens is 2. The zero-order valence-corrected chi connectivity index (χ0v) is 15.4. The SMILES string of the molecule is Cc1ccccc1[C@H](CC(=O)N(C)CCc1cn[nH]c1)c1ccccc1. The van der Waals surface area contributed by atoms with Gasteiger partial charge < -0.3 is 4.90 Å². The lowest BCUT2D eigenvalue weighted by atomic mass is 9.85. The number of hydrogen-bond acceptors (Lipinski definition) is 2. The van der Waals surface area contributed by atoms with Gasteiger partial charge in [-0.3, -0.25) is 9.89 Å². The largest absolute Gasteiger partial charge is 0.345 e. The molecule has 2 aromatic carbocycles. The van der Waals surface area contributed by atoms with Crippen LogP contribution in [0.5, 0.6) is 0 Å². The highest BCUT2D eigenvalue weighted by Gasteiger charge is 2.21. The van der Waals surface area contributed by atoms with Crippen LogP contribution in [-0.2, 0) is 11.2 Å². The van der Waals surface area contributed by atoms with Crippen molar-refractivity contribution in [3.63, 3.8) is 0 Å². The number of nitrogens with zero attached hydrogens (tertiary/aromatic N) is 2. The average Bonchev–Trinajstić information content (AvgIpc) is 3.19. The van der Waals surface area contributed by atoms with Crippen molar-refractivity contribution < 1.29 is 4.79 Å². The van der Waals surface area contributed by atoms with Crippen LogP contribution in [0, 0.1) is 6.92 Å². The Morgan fingerprint density at radius 3 is 2.54 bits per heavy atom. The Labute approximate surface area is 154 Å². The number of amides is 1. The molecular weight excluding hydrogens is 322 g/mol. The molecule has 1 amide bonds. The van der Waals surface area contributed by atoms with Gasteiger partial charge in [0.2, 0.25) is 5.91 Å². The van der Waals surface area contributed by atoms with E-state index >= 15 is 0 Å². The first-order chi connectivity index (χ1) is 12.6. The van der Waals surface area contributed by atoms with Gasteiger partial charge in [0.1, 0.15) is 0 Å². The number of benzene rings is 2. The van der Waals surface area contributed by atoms with E-state index < -0.39 is 0 Å². The molecule has 4 heteroatoms. The number of rotatable bonds is 7. The normalized spacial score (nSPS) is 11.9. The summed E-state index contributed by atoms with van der Waals surface area (Å²) < 4.78 is 0. The van der Waals surface area contributed by atoms with Gasteiger partial charge in [-0.15, -0.1) is 0 Å². The van der Waals surface area contributed by atoms with Gasteiger partial charge in [-0.05, 0) is 35.6 Å². The van der Waals surface area contributed by atoms with Gasteiger partial charge in [0.15, 0.2) is 0 Å². The van der Waals surface area contributed by atoms with Gasteiger partial charge in [0.05, 0.1) is 6.20 Å². The molecule has 0 radical (unpaired) electrons. The van der Waals surface area contributed by atoms with Gasteiger partial charge in [-0.1, -0.05) is 54.6 Å². The minimum absolute atomic E-state index is 0.0706. The van der Waals surface area contributed by atoms with Crippen molar-refractivity contribution in [1.29, 1.82) is 0 Å². The lowest BCUT2D eigenvalue weighted by Crippen LogP contribution is -2.30. The first-order valence-electron chi connectivity index (χ1n) is 8.97. The van der Waals surface area contributed by atoms with E-state index in [4.69, 9.17) is 0 Å². The second kappa shape index (κ2) is 8.48. The van der Waals surface area contributed by atoms with E-state index in [9.17, 15) is 4.79 Å². The van der Waals surface area contributed by atoms with E-state index in [0.717, 1.165) is 12.0 Å². The third-order valence-electron chi connectivity index (χ3n) is 4.86. The third kappa shape index (κ3) is 4.39. The van der Waals surface area contributed by atoms with Crippen LogP contribution in [0.1, 0.15) is 34.6 Å². The summed E-state index contributed by atoms with van der Waals surface area (Å²) in [6.07, 6.45) is 4.95. The summed E-state index contributed by atoms with van der Waals surface area (Å²) in [6.45, 7) is 2.80. The number of nitrogens with one attached hydrogen (secondary N) is 1. The van der Waals surface area contributed by atoms with E-state index in [1.807, 2.05) is 48.5 Å². The zero-order valence-electron chi connectivity index (χ0n) is 15.4. The molecule has 134 valence electrons. The van der Waals surface area contributed by atoms with Crippen molar-refractivity contribution in [1.82, 2.24) is 15.1 Å². The van der Waals surface area contributed by atoms with Crippen LogP contribution in [0.4, 0.5) is 0 Å². The maximum Gasteiger partial charge on any atom is 0.223 e. The fourth-order valence-electron chi connectivity index (χ4n) is 3.24. The summed E-state index contributed by atoms with van der Waals surface area (Å²) in [5.41, 5.74) is 4.73. The Morgan fingerprint density at radius 1 is 1.12 bits per heavy atom. The third-order valence-corrected chi connectivity index (χ3v) is 4.86. The van der Waals surface area contributed by atoms with Crippen LogP contribution < -0.4 is 0 Å². The Hall–Kier alpha value is -2.88. The van der Waals surface area contributed by atoms with Crippen LogP contribution in [0.25, 0.3) is 0 Å². The first-order valence-corrected chi connectivity index (χ1v) is 8.97. The highest BCUT2D eigenvalue weighted by Crippen LogP contribution is 2.30. The molecule has 4 nitrogen and oxygen atoms in total. The Balaban J connectivity index is 1.75. The molecule has 0 bridgehead atoms. The molecule has 1 atom stereocenters. The van der Waals surface area contributed by atoms with Crippen molar-refractivity contribution in [3.8, 4) is 0 Å². The molecule has 0 unspecified atom stereocenters. The fourth-order valence-corrected chi connectivity index (χ4v) is 3.24. The number of carbonyl (C=O) groups is 1. The van der Waals surface area contributed by atoms with Gasteiger partial charge in [-0.25, -0.2) is 0 Å². The van der Waals surface area contributed by atoms with Crippen LogP contribution in [0.15, 0.2) is 67.0 Å². The second-order valence-electron chi connectivity index (χ2n) is 6.70. The van der Waals surface area contributed by atoms with Crippen LogP contribution in [-0.4, -0.2) is 34.6 Å². The molecule has 0 aliphatic rings. The predicted octanol–water partition coefficient (Wildman–Crippen LogP) is 3.94. The van der Waals surface area contributed by atoms with E-state index in [0.29, 0.717) is 13.0 Å². The van der Waals surface area contributed by atoms with Crippen LogP contribution in [0.2, 0.25) is 0 Å². The Bertz CT molecular complexity index is 828. The van der Waals surface area contributed by atoms with Crippen LogP contribution in [0.3, 0.4) is 0 Å². The van der Waals surface area contributed by atoms with Gasteiger partial charge in [0, 0.05) is 32.1 Å². The lowest BCUT2D eigenvalue weighted by Gasteiger charge is -2.23. The molecule has 3 rings (SSSR count). The summed E-state index contributed by atoms with van der Waals surface area (Å²) >= 11 is 0. The molecule has 1 aromatic heterocycles. The average molecular weight is 347 g/mol. The van der Waals surface area contributed by atoms with Crippen molar-refractivity contribution in [2.45, 2.75) is 25.7 Å². The monoisotopic (exact) mass is 347 g/mol. The number of carbonyl (C=O) groups excluding carboxylic acids is 1. The zero-order chi connectivity index (χ0) is 18.4. The number of aromatic amines is 1. The van der Waals surface area contributed by atoms with E-state index in [-0.39, 0.29) is 11.8 Å². The minimum Gasteiger partial charge on any atom is -0.345 e. The quantitative estimate of drug-likeness (QED) is 0.704. The molecule has 0 saturated carbocycles. The number of H-pyrrole nitrogens is 1. The first kappa shape index (κ1) is 17.9. The summed E-state index contributed by atoms with van der Waals surface area (Å²) in [7, 11) is 1.88. The molecule has 1 N–H and O–H groups in total. The van der Waals surface area contributed by atoms with Crippen molar-refractivity contribution in [2.75, 3.05) is 13.6 Å². The minimum atomic E-state index is 0.0706. The lowest BCUT2D eigenvalue weighted by molar-refractivity contribution is -0.130. The summed E-state index contributed by atoms with van der Waals surface area (Å²) in [4.78, 5) is 14.7. The van der Waals surface area contributed by atoms with Gasteiger partial charge >= 0.3 is 0 Å². The van der Waals surface area contributed by atoms with Gasteiger partial charge in [0.25, 0.3) is 0 Å². The van der Waals surface area contributed by atoms with Crippen molar-refractivity contribution in [2.24, 2.45) is 0 Å².